The second kappa shape index (κ2) is 6.55. The van der Waals surface area contributed by atoms with Gasteiger partial charge in [-0.15, -0.1) is 0 Å². The molecular formula is C18H22N4O2. The van der Waals surface area contributed by atoms with E-state index in [1.165, 1.54) is 6.92 Å². The summed E-state index contributed by atoms with van der Waals surface area (Å²) >= 11 is 0. The molecule has 1 aliphatic rings. The highest BCUT2D eigenvalue weighted by Gasteiger charge is 2.33. The Bertz CT molecular complexity index is 763. The first-order valence-electron chi connectivity index (χ1n) is 8.20. The van der Waals surface area contributed by atoms with Gasteiger partial charge in [-0.05, 0) is 45.2 Å². The second-order valence-electron chi connectivity index (χ2n) is 6.37. The van der Waals surface area contributed by atoms with Crippen LogP contribution in [0.1, 0.15) is 47.1 Å². The lowest BCUT2D eigenvalue weighted by Crippen LogP contribution is -2.35. The smallest absolute Gasteiger partial charge is 0.244 e. The van der Waals surface area contributed by atoms with E-state index >= 15 is 0 Å². The van der Waals surface area contributed by atoms with Gasteiger partial charge in [0.05, 0.1) is 11.3 Å². The van der Waals surface area contributed by atoms with Gasteiger partial charge < -0.3 is 4.90 Å². The Kier molecular flexibility index (Phi) is 4.46. The van der Waals surface area contributed by atoms with Crippen LogP contribution < -0.4 is 0 Å². The van der Waals surface area contributed by atoms with Crippen LogP contribution in [-0.4, -0.2) is 37.4 Å². The van der Waals surface area contributed by atoms with Gasteiger partial charge in [0.15, 0.2) is 5.78 Å². The molecule has 24 heavy (non-hydrogen) atoms. The summed E-state index contributed by atoms with van der Waals surface area (Å²) in [4.78, 5) is 30.5. The van der Waals surface area contributed by atoms with Crippen LogP contribution in [-0.2, 0) is 17.9 Å². The van der Waals surface area contributed by atoms with Gasteiger partial charge in [-0.1, -0.05) is 6.07 Å². The monoisotopic (exact) mass is 326 g/mol. The molecule has 3 rings (SSSR count). The number of hydrogen-bond acceptors (Lipinski definition) is 4. The first kappa shape index (κ1) is 16.4. The van der Waals surface area contributed by atoms with Crippen LogP contribution in [0.5, 0.6) is 0 Å². The molecule has 2 aromatic rings. The van der Waals surface area contributed by atoms with E-state index in [0.29, 0.717) is 23.8 Å². The molecule has 1 amide bonds. The lowest BCUT2D eigenvalue weighted by molar-refractivity contribution is -0.133. The normalized spacial score (nSPS) is 13.8. The molecule has 6 nitrogen and oxygen atoms in total. The van der Waals surface area contributed by atoms with E-state index in [-0.39, 0.29) is 18.2 Å². The zero-order chi connectivity index (χ0) is 17.3. The zero-order valence-electron chi connectivity index (χ0n) is 14.3. The van der Waals surface area contributed by atoms with E-state index in [2.05, 4.69) is 10.1 Å². The minimum atomic E-state index is -0.0156. The minimum absolute atomic E-state index is 0.0156. The lowest BCUT2D eigenvalue weighted by atomic mass is 10.1. The van der Waals surface area contributed by atoms with Crippen molar-refractivity contribution < 1.29 is 9.59 Å². The van der Waals surface area contributed by atoms with E-state index in [4.69, 9.17) is 0 Å². The van der Waals surface area contributed by atoms with Crippen molar-refractivity contribution in [2.45, 2.75) is 52.7 Å². The van der Waals surface area contributed by atoms with Gasteiger partial charge in [-0.2, -0.15) is 5.10 Å². The largest absolute Gasteiger partial charge is 0.334 e. The first-order valence-corrected chi connectivity index (χ1v) is 8.20. The third-order valence-corrected chi connectivity index (χ3v) is 4.40. The van der Waals surface area contributed by atoms with Gasteiger partial charge in [0.1, 0.15) is 6.54 Å². The summed E-state index contributed by atoms with van der Waals surface area (Å²) in [6.45, 7) is 5.90. The van der Waals surface area contributed by atoms with Crippen molar-refractivity contribution in [3.8, 4) is 0 Å². The highest BCUT2D eigenvalue weighted by atomic mass is 16.2. The number of amides is 1. The van der Waals surface area contributed by atoms with E-state index in [9.17, 15) is 9.59 Å². The minimum Gasteiger partial charge on any atom is -0.334 e. The number of aryl methyl sites for hydroxylation is 1. The summed E-state index contributed by atoms with van der Waals surface area (Å²) in [5, 5.41) is 4.38. The summed E-state index contributed by atoms with van der Waals surface area (Å²) in [5.41, 5.74) is 3.08. The molecule has 0 aromatic carbocycles. The second-order valence-corrected chi connectivity index (χ2v) is 6.37. The molecule has 0 N–H and O–H groups in total. The SMILES string of the molecule is CC(=O)c1c(C)nn(CC(=O)N(Cc2cccnc2)C2CC2)c1C. The molecule has 2 aromatic heterocycles. The van der Waals surface area contributed by atoms with Crippen LogP contribution in [0.25, 0.3) is 0 Å². The molecule has 1 saturated carbocycles. The number of pyridine rings is 1. The zero-order valence-corrected chi connectivity index (χ0v) is 14.3. The van der Waals surface area contributed by atoms with E-state index in [1.807, 2.05) is 24.0 Å². The van der Waals surface area contributed by atoms with Crippen molar-refractivity contribution in [1.29, 1.82) is 0 Å². The molecule has 0 spiro atoms. The molecule has 6 heteroatoms. The Labute approximate surface area is 141 Å². The Morgan fingerprint density at radius 3 is 2.62 bits per heavy atom. The first-order chi connectivity index (χ1) is 11.5. The highest BCUT2D eigenvalue weighted by Crippen LogP contribution is 2.28. The van der Waals surface area contributed by atoms with Crippen molar-refractivity contribution in [1.82, 2.24) is 19.7 Å². The number of carbonyl (C=O) groups excluding carboxylic acids is 2. The van der Waals surface area contributed by atoms with Crippen molar-refractivity contribution >= 4 is 11.7 Å². The Morgan fingerprint density at radius 2 is 2.08 bits per heavy atom. The van der Waals surface area contributed by atoms with Gasteiger partial charge in [-0.3, -0.25) is 19.3 Å². The quantitative estimate of drug-likeness (QED) is 0.764. The molecule has 126 valence electrons. The number of carbonyl (C=O) groups is 2. The van der Waals surface area contributed by atoms with E-state index in [0.717, 1.165) is 24.1 Å². The highest BCUT2D eigenvalue weighted by molar-refractivity contribution is 5.96. The van der Waals surface area contributed by atoms with Crippen LogP contribution in [0.3, 0.4) is 0 Å². The molecule has 0 saturated heterocycles. The number of Topliss-reactive ketones (excluding diaryl/α,β-unsaturated/α-hetero) is 1. The summed E-state index contributed by atoms with van der Waals surface area (Å²) in [7, 11) is 0. The number of ketones is 1. The number of aromatic nitrogens is 3. The predicted molar refractivity (Wildman–Crippen MR) is 89.5 cm³/mol. The summed E-state index contributed by atoms with van der Waals surface area (Å²) < 4.78 is 1.65. The van der Waals surface area contributed by atoms with Gasteiger partial charge in [0.2, 0.25) is 5.91 Å². The topological polar surface area (TPSA) is 68.1 Å². The molecule has 0 bridgehead atoms. The molecule has 1 aliphatic carbocycles. The standard InChI is InChI=1S/C18H22N4O2/c1-12-18(14(3)23)13(2)22(20-12)11-17(24)21(16-6-7-16)10-15-5-4-8-19-9-15/h4-5,8-9,16H,6-7,10-11H2,1-3H3. The van der Waals surface area contributed by atoms with Gasteiger partial charge in [-0.25, -0.2) is 0 Å². The number of nitrogens with zero attached hydrogens (tertiary/aromatic N) is 4. The van der Waals surface area contributed by atoms with Crippen LogP contribution in [0.4, 0.5) is 0 Å². The van der Waals surface area contributed by atoms with Crippen LogP contribution in [0, 0.1) is 13.8 Å². The van der Waals surface area contributed by atoms with Crippen molar-refractivity contribution in [2.75, 3.05) is 0 Å². The van der Waals surface area contributed by atoms with Crippen molar-refractivity contribution in [3.05, 3.63) is 47.0 Å². The van der Waals surface area contributed by atoms with E-state index in [1.54, 1.807) is 24.0 Å². The third kappa shape index (κ3) is 3.37. The van der Waals surface area contributed by atoms with Crippen LogP contribution >= 0.6 is 0 Å². The van der Waals surface area contributed by atoms with Gasteiger partial charge >= 0.3 is 0 Å². The average Bonchev–Trinajstić information content (AvgIpc) is 3.33. The van der Waals surface area contributed by atoms with Gasteiger partial charge in [0, 0.05) is 30.7 Å². The molecule has 0 unspecified atom stereocenters. The van der Waals surface area contributed by atoms with Crippen molar-refractivity contribution in [3.63, 3.8) is 0 Å². The molecule has 1 fully saturated rings. The van der Waals surface area contributed by atoms with Gasteiger partial charge in [0.25, 0.3) is 0 Å². The molecule has 0 atom stereocenters. The fourth-order valence-corrected chi connectivity index (χ4v) is 3.07. The van der Waals surface area contributed by atoms with Crippen LogP contribution in [0.15, 0.2) is 24.5 Å². The van der Waals surface area contributed by atoms with E-state index < -0.39 is 0 Å². The number of hydrogen-bond donors (Lipinski definition) is 0. The Morgan fingerprint density at radius 1 is 1.33 bits per heavy atom. The summed E-state index contributed by atoms with van der Waals surface area (Å²) in [6.07, 6.45) is 5.61. The summed E-state index contributed by atoms with van der Waals surface area (Å²) in [6, 6.07) is 4.17. The third-order valence-electron chi connectivity index (χ3n) is 4.40. The Hall–Kier alpha value is -2.50. The molecular weight excluding hydrogens is 304 g/mol. The lowest BCUT2D eigenvalue weighted by Gasteiger charge is -2.22. The maximum Gasteiger partial charge on any atom is 0.244 e. The maximum absolute atomic E-state index is 12.8. The Balaban J connectivity index is 1.77. The average molecular weight is 326 g/mol. The fraction of sp³-hybridized carbons (Fsp3) is 0.444. The fourth-order valence-electron chi connectivity index (χ4n) is 3.07. The molecule has 2 heterocycles. The molecule has 0 radical (unpaired) electrons. The summed E-state index contributed by atoms with van der Waals surface area (Å²) in [5.74, 6) is 0.0140. The van der Waals surface area contributed by atoms with Crippen LogP contribution in [0.2, 0.25) is 0 Å². The maximum atomic E-state index is 12.8. The van der Waals surface area contributed by atoms with Crippen molar-refractivity contribution in [2.24, 2.45) is 0 Å². The molecule has 0 aliphatic heterocycles. The predicted octanol–water partition coefficient (Wildman–Crippen LogP) is 2.29. The number of rotatable bonds is 6.